The molecule has 0 aliphatic carbocycles. The fourth-order valence-electron chi connectivity index (χ4n) is 1.31. The molecule has 7 nitrogen and oxygen atoms in total. The number of anilines is 3. The van der Waals surface area contributed by atoms with Gasteiger partial charge >= 0.3 is 0 Å². The van der Waals surface area contributed by atoms with Gasteiger partial charge in [-0.2, -0.15) is 9.97 Å². The molecule has 0 unspecified atom stereocenters. The maximum absolute atomic E-state index is 5.53. The van der Waals surface area contributed by atoms with Crippen LogP contribution in [0.25, 0.3) is 0 Å². The molecule has 0 fully saturated rings. The monoisotopic (exact) mass is 231 g/mol. The lowest BCUT2D eigenvalue weighted by atomic mass is 10.3. The van der Waals surface area contributed by atoms with E-state index in [2.05, 4.69) is 25.7 Å². The van der Waals surface area contributed by atoms with Crippen LogP contribution in [0.4, 0.5) is 17.6 Å². The van der Waals surface area contributed by atoms with Crippen molar-refractivity contribution in [3.8, 4) is 0 Å². The number of pyridine rings is 1. The minimum Gasteiger partial charge on any atom is -0.368 e. The maximum Gasteiger partial charge on any atom is 0.223 e. The molecule has 2 rings (SSSR count). The standard InChI is InChI=1S/C10H13N7/c11-10-15-8(5-9(16-10)17-12)14-6-7-3-1-2-4-13-7/h1-5H,6,12H2,(H4,11,14,15,16,17). The average Bonchev–Trinajstić information content (AvgIpc) is 2.37. The third-order valence-corrected chi connectivity index (χ3v) is 2.07. The van der Waals surface area contributed by atoms with E-state index in [1.807, 2.05) is 18.2 Å². The Morgan fingerprint density at radius 3 is 2.71 bits per heavy atom. The lowest BCUT2D eigenvalue weighted by Crippen LogP contribution is -2.12. The van der Waals surface area contributed by atoms with Crippen molar-refractivity contribution in [2.45, 2.75) is 6.54 Å². The summed E-state index contributed by atoms with van der Waals surface area (Å²) in [7, 11) is 0. The summed E-state index contributed by atoms with van der Waals surface area (Å²) in [5.41, 5.74) is 8.86. The van der Waals surface area contributed by atoms with Crippen LogP contribution < -0.4 is 22.3 Å². The first-order valence-corrected chi connectivity index (χ1v) is 5.03. The first-order valence-electron chi connectivity index (χ1n) is 5.03. The van der Waals surface area contributed by atoms with Crippen LogP contribution >= 0.6 is 0 Å². The molecular weight excluding hydrogens is 218 g/mol. The second kappa shape index (κ2) is 5.08. The maximum atomic E-state index is 5.53. The van der Waals surface area contributed by atoms with Gasteiger partial charge in [0.25, 0.3) is 0 Å². The highest BCUT2D eigenvalue weighted by atomic mass is 15.3. The second-order valence-electron chi connectivity index (χ2n) is 3.32. The lowest BCUT2D eigenvalue weighted by Gasteiger charge is -2.07. The van der Waals surface area contributed by atoms with Crippen molar-refractivity contribution in [3.63, 3.8) is 0 Å². The fourth-order valence-corrected chi connectivity index (χ4v) is 1.31. The molecule has 0 saturated carbocycles. The molecule has 0 aromatic carbocycles. The molecule has 0 spiro atoms. The van der Waals surface area contributed by atoms with E-state index in [9.17, 15) is 0 Å². The molecule has 0 bridgehead atoms. The quantitative estimate of drug-likeness (QED) is 0.443. The van der Waals surface area contributed by atoms with Gasteiger partial charge in [-0.3, -0.25) is 4.98 Å². The van der Waals surface area contributed by atoms with Gasteiger partial charge in [-0.15, -0.1) is 0 Å². The van der Waals surface area contributed by atoms with E-state index in [0.29, 0.717) is 18.2 Å². The number of nitrogens with zero attached hydrogens (tertiary/aromatic N) is 3. The van der Waals surface area contributed by atoms with Crippen molar-refractivity contribution in [2.24, 2.45) is 5.84 Å². The van der Waals surface area contributed by atoms with Gasteiger partial charge in [0.05, 0.1) is 12.2 Å². The van der Waals surface area contributed by atoms with E-state index in [1.165, 1.54) is 0 Å². The summed E-state index contributed by atoms with van der Waals surface area (Å²) >= 11 is 0. The number of hydrazine groups is 1. The van der Waals surface area contributed by atoms with E-state index in [4.69, 9.17) is 11.6 Å². The zero-order chi connectivity index (χ0) is 12.1. The van der Waals surface area contributed by atoms with Gasteiger partial charge in [-0.25, -0.2) is 5.84 Å². The second-order valence-corrected chi connectivity index (χ2v) is 3.32. The van der Waals surface area contributed by atoms with Gasteiger partial charge in [0.2, 0.25) is 5.95 Å². The van der Waals surface area contributed by atoms with Crippen LogP contribution in [-0.2, 0) is 6.54 Å². The Bertz CT molecular complexity index is 485. The minimum atomic E-state index is 0.156. The molecular formula is C10H13N7. The third-order valence-electron chi connectivity index (χ3n) is 2.07. The normalized spacial score (nSPS) is 9.94. The van der Waals surface area contributed by atoms with Crippen LogP contribution in [0.1, 0.15) is 5.69 Å². The number of aromatic nitrogens is 3. The van der Waals surface area contributed by atoms with Gasteiger partial charge in [0.15, 0.2) is 0 Å². The van der Waals surface area contributed by atoms with Gasteiger partial charge < -0.3 is 16.5 Å². The van der Waals surface area contributed by atoms with Gasteiger partial charge in [0.1, 0.15) is 11.6 Å². The van der Waals surface area contributed by atoms with Gasteiger partial charge in [-0.1, -0.05) is 6.07 Å². The van der Waals surface area contributed by atoms with E-state index in [-0.39, 0.29) is 5.95 Å². The van der Waals surface area contributed by atoms with Crippen LogP contribution in [0.3, 0.4) is 0 Å². The summed E-state index contributed by atoms with van der Waals surface area (Å²) in [5.74, 6) is 6.47. The highest BCUT2D eigenvalue weighted by Crippen LogP contribution is 2.11. The Kier molecular flexibility index (Phi) is 3.31. The predicted octanol–water partition coefficient (Wildman–Crippen LogP) is 0.351. The molecule has 0 aliphatic heterocycles. The molecule has 0 saturated heterocycles. The van der Waals surface area contributed by atoms with Crippen molar-refractivity contribution >= 4 is 17.6 Å². The van der Waals surface area contributed by atoms with E-state index in [0.717, 1.165) is 5.69 Å². The summed E-state index contributed by atoms with van der Waals surface area (Å²) in [6.07, 6.45) is 1.73. The molecule has 88 valence electrons. The number of rotatable bonds is 4. The number of nitrogen functional groups attached to an aromatic ring is 2. The molecule has 2 heterocycles. The molecule has 6 N–H and O–H groups in total. The Morgan fingerprint density at radius 1 is 1.18 bits per heavy atom. The average molecular weight is 231 g/mol. The van der Waals surface area contributed by atoms with Gasteiger partial charge in [-0.05, 0) is 12.1 Å². The number of hydrogen-bond donors (Lipinski definition) is 4. The van der Waals surface area contributed by atoms with Crippen molar-refractivity contribution in [2.75, 3.05) is 16.5 Å². The van der Waals surface area contributed by atoms with E-state index >= 15 is 0 Å². The van der Waals surface area contributed by atoms with Crippen LogP contribution in [0.5, 0.6) is 0 Å². The van der Waals surface area contributed by atoms with Crippen molar-refractivity contribution in [1.29, 1.82) is 0 Å². The Labute approximate surface area is 98.3 Å². The summed E-state index contributed by atoms with van der Waals surface area (Å²) in [6.45, 7) is 0.557. The largest absolute Gasteiger partial charge is 0.368 e. The Hall–Kier alpha value is -2.41. The Morgan fingerprint density at radius 2 is 2.00 bits per heavy atom. The van der Waals surface area contributed by atoms with Crippen LogP contribution in [0.15, 0.2) is 30.5 Å². The minimum absolute atomic E-state index is 0.156. The van der Waals surface area contributed by atoms with Crippen molar-refractivity contribution in [3.05, 3.63) is 36.2 Å². The van der Waals surface area contributed by atoms with E-state index < -0.39 is 0 Å². The highest BCUT2D eigenvalue weighted by Gasteiger charge is 2.01. The van der Waals surface area contributed by atoms with Crippen LogP contribution in [0.2, 0.25) is 0 Å². The summed E-state index contributed by atoms with van der Waals surface area (Å²) in [6, 6.07) is 7.37. The topological polar surface area (TPSA) is 115 Å². The lowest BCUT2D eigenvalue weighted by molar-refractivity contribution is 1.02. The molecule has 17 heavy (non-hydrogen) atoms. The molecule has 0 atom stereocenters. The smallest absolute Gasteiger partial charge is 0.223 e. The van der Waals surface area contributed by atoms with Crippen LogP contribution in [-0.4, -0.2) is 15.0 Å². The molecule has 2 aromatic rings. The number of nitrogens with one attached hydrogen (secondary N) is 2. The highest BCUT2D eigenvalue weighted by molar-refractivity contribution is 5.50. The van der Waals surface area contributed by atoms with E-state index in [1.54, 1.807) is 12.3 Å². The number of nitrogens with two attached hydrogens (primary N) is 2. The third kappa shape index (κ3) is 3.02. The Balaban J connectivity index is 2.06. The SMILES string of the molecule is NNc1cc(NCc2ccccn2)nc(N)n1. The fraction of sp³-hybridized carbons (Fsp3) is 0.100. The number of hydrogen-bond acceptors (Lipinski definition) is 7. The molecule has 0 radical (unpaired) electrons. The van der Waals surface area contributed by atoms with Gasteiger partial charge in [0, 0.05) is 12.3 Å². The van der Waals surface area contributed by atoms with Crippen LogP contribution in [0, 0.1) is 0 Å². The predicted molar refractivity (Wildman–Crippen MR) is 65.8 cm³/mol. The first-order chi connectivity index (χ1) is 8.28. The summed E-state index contributed by atoms with van der Waals surface area (Å²) in [4.78, 5) is 12.1. The zero-order valence-corrected chi connectivity index (χ0v) is 9.09. The molecule has 2 aromatic heterocycles. The van der Waals surface area contributed by atoms with Crippen molar-refractivity contribution < 1.29 is 0 Å². The summed E-state index contributed by atoms with van der Waals surface area (Å²) < 4.78 is 0. The summed E-state index contributed by atoms with van der Waals surface area (Å²) in [5, 5.41) is 3.09. The zero-order valence-electron chi connectivity index (χ0n) is 9.09. The molecule has 7 heteroatoms. The van der Waals surface area contributed by atoms with Crippen molar-refractivity contribution in [1.82, 2.24) is 15.0 Å². The molecule has 0 aliphatic rings. The molecule has 0 amide bonds. The first kappa shape index (κ1) is 11.1.